The first-order valence-electron chi connectivity index (χ1n) is 21.3. The van der Waals surface area contributed by atoms with Gasteiger partial charge in [-0.05, 0) is 124 Å². The maximum atomic E-state index is 14.5. The summed E-state index contributed by atoms with van der Waals surface area (Å²) in [5.74, 6) is 0.0353. The van der Waals surface area contributed by atoms with Crippen molar-refractivity contribution in [3.05, 3.63) is 112 Å². The van der Waals surface area contributed by atoms with E-state index in [1.807, 2.05) is 44.2 Å². The van der Waals surface area contributed by atoms with Crippen molar-refractivity contribution in [1.29, 1.82) is 0 Å². The Morgan fingerprint density at radius 1 is 0.983 bits per heavy atom. The molecule has 0 bridgehead atoms. The van der Waals surface area contributed by atoms with E-state index >= 15 is 0 Å². The predicted molar refractivity (Wildman–Crippen MR) is 229 cm³/mol. The van der Waals surface area contributed by atoms with Crippen molar-refractivity contribution in [2.75, 3.05) is 33.0 Å². The highest BCUT2D eigenvalue weighted by Gasteiger charge is 2.65. The number of oxime groups is 1. The number of amides is 1. The van der Waals surface area contributed by atoms with E-state index in [2.05, 4.69) is 32.6 Å². The fourth-order valence-electron chi connectivity index (χ4n) is 9.18. The molecule has 13 nitrogen and oxygen atoms in total. The largest absolute Gasteiger partial charge is 0.459 e. The summed E-state index contributed by atoms with van der Waals surface area (Å²) in [6.07, 6.45) is 8.61. The van der Waals surface area contributed by atoms with Crippen LogP contribution in [0.1, 0.15) is 87.8 Å². The number of aliphatic hydroxyl groups excluding tert-OH is 2. The van der Waals surface area contributed by atoms with Crippen LogP contribution in [0.15, 0.2) is 90.1 Å². The van der Waals surface area contributed by atoms with Crippen molar-refractivity contribution in [3.63, 3.8) is 0 Å². The van der Waals surface area contributed by atoms with E-state index in [1.54, 1.807) is 11.0 Å². The summed E-state index contributed by atoms with van der Waals surface area (Å²) in [7, 11) is 0. The number of nitro benzene ring substituents is 1. The summed E-state index contributed by atoms with van der Waals surface area (Å²) < 4.78 is 26.8. The number of hydrogen-bond donors (Lipinski definition) is 2. The normalized spacial score (nSPS) is 23.4. The van der Waals surface area contributed by atoms with E-state index in [4.69, 9.17) is 28.9 Å². The van der Waals surface area contributed by atoms with Gasteiger partial charge in [0.1, 0.15) is 35.6 Å². The van der Waals surface area contributed by atoms with Crippen LogP contribution in [0.4, 0.5) is 10.5 Å². The summed E-state index contributed by atoms with van der Waals surface area (Å²) in [5, 5.41) is 35.9. The Balaban J connectivity index is 1.55. The number of benzene rings is 3. The van der Waals surface area contributed by atoms with Gasteiger partial charge in [0.25, 0.3) is 5.69 Å². The van der Waals surface area contributed by atoms with E-state index in [0.29, 0.717) is 43.1 Å². The number of nitro groups is 1. The number of fused-ring (bicyclic) bond motifs is 2. The Morgan fingerprint density at radius 3 is 2.35 bits per heavy atom. The number of aryl methyl sites for hydroxylation is 2. The molecule has 322 valence electrons. The molecule has 6 rings (SSSR count). The Kier molecular flexibility index (Phi) is 15.0. The molecule has 0 radical (unpaired) electrons. The van der Waals surface area contributed by atoms with Crippen LogP contribution >= 0.6 is 0 Å². The van der Waals surface area contributed by atoms with Crippen molar-refractivity contribution in [2.24, 2.45) is 22.9 Å². The van der Waals surface area contributed by atoms with Gasteiger partial charge in [0.2, 0.25) is 5.79 Å². The molecule has 13 heteroatoms. The Hall–Kier alpha value is -5.24. The number of allylic oxidation sites excluding steroid dienone is 1. The third-order valence-corrected chi connectivity index (χ3v) is 12.0. The standard InChI is InChI=1S/C47H59N3O10/c1-6-23-49(46(53)59-35-19-16-34(17-20-35)50(54)55)43-30-41(48-57-8-3)39-28-33(13-9-11-24-51)38(14-10-12-25-52)44-40-29-37(58-36-18-15-31(4)32(5)27-36)21-22-42(40)60-47(43,45(39)44)56-26-7-2/h7,15-22,27-29,33,38,43-45,51-52H,2,6,8-14,23-26,30H2,1,3-5H3/t33-,38+,43-,44+,45+,47+/m0/s1. The van der Waals surface area contributed by atoms with E-state index in [-0.39, 0.29) is 62.0 Å². The SMILES string of the molecule is C=CCO[C@@]12Oc3ccc(Oc4ccc(C)c(C)c4)cc3[C@H]3[C@H](CCCCO)[C@@H](CCCCO)C=C(C(=NOCC)C[C@@H]1N(CCC)C(=O)Oc1ccc([N+](=O)[O-])cc1)[C@H]32. The number of nitrogens with zero attached hydrogens (tertiary/aromatic N) is 3. The Morgan fingerprint density at radius 2 is 1.68 bits per heavy atom. The molecule has 0 spiro atoms. The van der Waals surface area contributed by atoms with Gasteiger partial charge in [-0.3, -0.25) is 15.0 Å². The maximum Gasteiger partial charge on any atom is 0.415 e. The van der Waals surface area contributed by atoms with Crippen LogP contribution in [0.3, 0.4) is 0 Å². The van der Waals surface area contributed by atoms with Crippen LogP contribution in [0, 0.1) is 41.7 Å². The first-order valence-corrected chi connectivity index (χ1v) is 21.3. The predicted octanol–water partition coefficient (Wildman–Crippen LogP) is 9.57. The smallest absolute Gasteiger partial charge is 0.415 e. The molecule has 0 saturated heterocycles. The average Bonchev–Trinajstić information content (AvgIpc) is 3.24. The minimum atomic E-state index is -1.46. The number of non-ortho nitro benzene ring substituents is 1. The number of aliphatic hydroxyl groups is 2. The van der Waals surface area contributed by atoms with E-state index in [1.165, 1.54) is 29.8 Å². The van der Waals surface area contributed by atoms with Crippen LogP contribution in [0.2, 0.25) is 0 Å². The lowest BCUT2D eigenvalue weighted by Crippen LogP contribution is -2.70. The fourth-order valence-corrected chi connectivity index (χ4v) is 9.18. The molecule has 6 atom stereocenters. The average molecular weight is 826 g/mol. The number of carbonyl (C=O) groups excluding carboxylic acids is 1. The quantitative estimate of drug-likeness (QED) is 0.0486. The second-order valence-electron chi connectivity index (χ2n) is 15.9. The molecule has 1 fully saturated rings. The zero-order chi connectivity index (χ0) is 42.8. The van der Waals surface area contributed by atoms with Gasteiger partial charge in [0.15, 0.2) is 0 Å². The molecule has 2 N–H and O–H groups in total. The zero-order valence-electron chi connectivity index (χ0n) is 35.2. The van der Waals surface area contributed by atoms with Crippen LogP contribution in [0.5, 0.6) is 23.0 Å². The summed E-state index contributed by atoms with van der Waals surface area (Å²) in [5.41, 5.74) is 4.71. The maximum absolute atomic E-state index is 14.5. The molecular formula is C47H59N3O10. The van der Waals surface area contributed by atoms with Crippen molar-refractivity contribution in [1.82, 2.24) is 4.90 Å². The van der Waals surface area contributed by atoms with Crippen LogP contribution in [-0.4, -0.2) is 76.6 Å². The molecule has 1 heterocycles. The first-order chi connectivity index (χ1) is 29.1. The molecule has 1 amide bonds. The van der Waals surface area contributed by atoms with Gasteiger partial charge in [-0.15, -0.1) is 6.58 Å². The van der Waals surface area contributed by atoms with E-state index < -0.39 is 28.8 Å². The molecule has 0 aromatic heterocycles. The molecule has 1 aliphatic heterocycles. The number of ether oxygens (including phenoxy) is 4. The van der Waals surface area contributed by atoms with E-state index in [9.17, 15) is 25.1 Å². The van der Waals surface area contributed by atoms with Crippen molar-refractivity contribution in [2.45, 2.75) is 96.8 Å². The Bertz CT molecular complexity index is 2030. The van der Waals surface area contributed by atoms with Gasteiger partial charge in [-0.1, -0.05) is 43.1 Å². The molecular weight excluding hydrogens is 767 g/mol. The van der Waals surface area contributed by atoms with Crippen LogP contribution < -0.4 is 14.2 Å². The van der Waals surface area contributed by atoms with E-state index in [0.717, 1.165) is 48.1 Å². The summed E-state index contributed by atoms with van der Waals surface area (Å²) in [6.45, 7) is 12.9. The highest BCUT2D eigenvalue weighted by molar-refractivity contribution is 6.03. The highest BCUT2D eigenvalue weighted by atomic mass is 16.7. The molecule has 0 unspecified atom stereocenters. The van der Waals surface area contributed by atoms with Gasteiger partial charge in [-0.25, -0.2) is 4.79 Å². The van der Waals surface area contributed by atoms with Gasteiger partial charge in [0, 0.05) is 49.8 Å². The van der Waals surface area contributed by atoms with Gasteiger partial charge >= 0.3 is 6.09 Å². The fraction of sp³-hybridized carbons (Fsp3) is 0.489. The number of hydrogen-bond acceptors (Lipinski definition) is 11. The first kappa shape index (κ1) is 44.3. The van der Waals surface area contributed by atoms with Crippen molar-refractivity contribution in [3.8, 4) is 23.0 Å². The lowest BCUT2D eigenvalue weighted by atomic mass is 9.55. The summed E-state index contributed by atoms with van der Waals surface area (Å²) in [4.78, 5) is 32.8. The minimum absolute atomic E-state index is 0.0361. The lowest BCUT2D eigenvalue weighted by Gasteiger charge is -2.59. The zero-order valence-corrected chi connectivity index (χ0v) is 35.2. The molecule has 60 heavy (non-hydrogen) atoms. The number of carbonyl (C=O) groups is 1. The topological polar surface area (TPSA) is 162 Å². The number of rotatable bonds is 20. The second-order valence-corrected chi connectivity index (χ2v) is 15.9. The van der Waals surface area contributed by atoms with Crippen molar-refractivity contribution < 1.29 is 43.7 Å². The third-order valence-electron chi connectivity index (χ3n) is 12.0. The molecule has 3 aromatic rings. The highest BCUT2D eigenvalue weighted by Crippen LogP contribution is 2.62. The lowest BCUT2D eigenvalue weighted by molar-refractivity contribution is -0.384. The molecule has 3 aromatic carbocycles. The monoisotopic (exact) mass is 825 g/mol. The van der Waals surface area contributed by atoms with Crippen LogP contribution in [-0.2, 0) is 9.57 Å². The van der Waals surface area contributed by atoms with Crippen LogP contribution in [0.25, 0.3) is 0 Å². The second kappa shape index (κ2) is 20.3. The van der Waals surface area contributed by atoms with Gasteiger partial charge in [0.05, 0.1) is 23.2 Å². The molecule has 1 saturated carbocycles. The van der Waals surface area contributed by atoms with Gasteiger partial charge in [-0.2, -0.15) is 0 Å². The molecule has 3 aliphatic rings. The summed E-state index contributed by atoms with van der Waals surface area (Å²) in [6, 6.07) is 16.5. The molecule has 2 aliphatic carbocycles. The third kappa shape index (κ3) is 9.53. The Labute approximate surface area is 352 Å². The van der Waals surface area contributed by atoms with Gasteiger partial charge < -0.3 is 34.0 Å². The number of unbranched alkanes of at least 4 members (excludes halogenated alkanes) is 2. The summed E-state index contributed by atoms with van der Waals surface area (Å²) >= 11 is 0. The minimum Gasteiger partial charge on any atom is -0.459 e. The van der Waals surface area contributed by atoms with Crippen molar-refractivity contribution >= 4 is 17.5 Å².